The summed E-state index contributed by atoms with van der Waals surface area (Å²) in [5.41, 5.74) is 2.41. The maximum Gasteiger partial charge on any atom is 0.317 e. The Morgan fingerprint density at radius 3 is 2.31 bits per heavy atom. The van der Waals surface area contributed by atoms with Gasteiger partial charge in [0.15, 0.2) is 0 Å². The number of hydrogen-bond donors (Lipinski definition) is 1. The molecule has 1 aliphatic rings. The fourth-order valence-electron chi connectivity index (χ4n) is 3.68. The second-order valence-electron chi connectivity index (χ2n) is 7.88. The van der Waals surface area contributed by atoms with Crippen molar-refractivity contribution < 1.29 is 9.53 Å². The Hall–Kier alpha value is -2.60. The molecule has 2 aromatic rings. The zero-order chi connectivity index (χ0) is 20.6. The van der Waals surface area contributed by atoms with Gasteiger partial charge in [0.05, 0.1) is 13.2 Å². The molecule has 1 aromatic carbocycles. The Morgan fingerprint density at radius 2 is 1.72 bits per heavy atom. The average molecular weight is 397 g/mol. The van der Waals surface area contributed by atoms with E-state index in [1.54, 1.807) is 7.11 Å². The van der Waals surface area contributed by atoms with Crippen molar-refractivity contribution in [3.05, 3.63) is 59.9 Å². The number of pyridine rings is 1. The van der Waals surface area contributed by atoms with E-state index in [0.29, 0.717) is 5.92 Å². The lowest BCUT2D eigenvalue weighted by Gasteiger charge is -2.36. The van der Waals surface area contributed by atoms with Gasteiger partial charge in [0, 0.05) is 45.1 Å². The van der Waals surface area contributed by atoms with Gasteiger partial charge in [-0.2, -0.15) is 0 Å². The first-order valence-electron chi connectivity index (χ1n) is 10.4. The Balaban J connectivity index is 1.49. The molecule has 6 heteroatoms. The third kappa shape index (κ3) is 5.94. The van der Waals surface area contributed by atoms with Crippen LogP contribution in [0.4, 0.5) is 4.79 Å². The van der Waals surface area contributed by atoms with Crippen molar-refractivity contribution in [2.75, 3.05) is 39.8 Å². The molecule has 1 aliphatic heterocycles. The van der Waals surface area contributed by atoms with Crippen LogP contribution in [0.3, 0.4) is 0 Å². The smallest absolute Gasteiger partial charge is 0.317 e. The van der Waals surface area contributed by atoms with Crippen LogP contribution >= 0.6 is 0 Å². The predicted molar refractivity (Wildman–Crippen MR) is 115 cm³/mol. The zero-order valence-electron chi connectivity index (χ0n) is 17.7. The molecule has 156 valence electrons. The molecule has 0 bridgehead atoms. The maximum absolute atomic E-state index is 12.9. The summed E-state index contributed by atoms with van der Waals surface area (Å²) in [7, 11) is 1.66. The third-order valence-corrected chi connectivity index (χ3v) is 5.55. The van der Waals surface area contributed by atoms with Crippen molar-refractivity contribution >= 4 is 6.03 Å². The Kier molecular flexibility index (Phi) is 7.47. The van der Waals surface area contributed by atoms with Crippen LogP contribution in [-0.4, -0.2) is 60.6 Å². The largest absolute Gasteiger partial charge is 0.497 e. The number of urea groups is 1. The molecule has 1 N–H and O–H groups in total. The van der Waals surface area contributed by atoms with Crippen molar-refractivity contribution in [2.24, 2.45) is 5.92 Å². The average Bonchev–Trinajstić information content (AvgIpc) is 2.77. The van der Waals surface area contributed by atoms with Gasteiger partial charge < -0.3 is 15.0 Å². The number of nitrogens with one attached hydrogen (secondary N) is 1. The number of methoxy groups -OCH3 is 1. The molecule has 1 fully saturated rings. The van der Waals surface area contributed by atoms with E-state index in [4.69, 9.17) is 4.74 Å². The fraction of sp³-hybridized carbons (Fsp3) is 0.478. The number of hydrogen-bond acceptors (Lipinski definition) is 4. The van der Waals surface area contributed by atoms with Gasteiger partial charge in [-0.3, -0.25) is 9.88 Å². The Bertz CT molecular complexity index is 756. The highest BCUT2D eigenvalue weighted by Gasteiger charge is 2.25. The van der Waals surface area contributed by atoms with Crippen LogP contribution in [0.15, 0.2) is 48.8 Å². The molecule has 2 amide bonds. The van der Waals surface area contributed by atoms with Crippen LogP contribution in [0.25, 0.3) is 0 Å². The first kappa shape index (κ1) is 21.1. The third-order valence-electron chi connectivity index (χ3n) is 5.55. The number of rotatable bonds is 7. The van der Waals surface area contributed by atoms with Crippen LogP contribution in [0, 0.1) is 5.92 Å². The van der Waals surface area contributed by atoms with Crippen LogP contribution in [0.2, 0.25) is 0 Å². The van der Waals surface area contributed by atoms with E-state index in [0.717, 1.165) is 50.5 Å². The highest BCUT2D eigenvalue weighted by atomic mass is 16.5. The molecule has 0 unspecified atom stereocenters. The Morgan fingerprint density at radius 1 is 1.07 bits per heavy atom. The van der Waals surface area contributed by atoms with E-state index in [9.17, 15) is 4.79 Å². The molecule has 1 aromatic heterocycles. The van der Waals surface area contributed by atoms with Gasteiger partial charge in [-0.15, -0.1) is 0 Å². The molecule has 3 rings (SSSR count). The highest BCUT2D eigenvalue weighted by molar-refractivity contribution is 5.75. The summed E-state index contributed by atoms with van der Waals surface area (Å²) in [4.78, 5) is 21.3. The van der Waals surface area contributed by atoms with E-state index < -0.39 is 0 Å². The summed E-state index contributed by atoms with van der Waals surface area (Å²) >= 11 is 0. The highest BCUT2D eigenvalue weighted by Crippen LogP contribution is 2.24. The summed E-state index contributed by atoms with van der Waals surface area (Å²) in [6.07, 6.45) is 4.69. The molecule has 1 saturated heterocycles. The summed E-state index contributed by atoms with van der Waals surface area (Å²) < 4.78 is 5.24. The lowest BCUT2D eigenvalue weighted by atomic mass is 9.96. The monoisotopic (exact) mass is 396 g/mol. The van der Waals surface area contributed by atoms with Crippen LogP contribution < -0.4 is 10.1 Å². The number of piperazine rings is 1. The lowest BCUT2D eigenvalue weighted by Crippen LogP contribution is -2.52. The number of carbonyl (C=O) groups excluding carboxylic acids is 1. The van der Waals surface area contributed by atoms with E-state index in [1.165, 1.54) is 5.56 Å². The van der Waals surface area contributed by atoms with Gasteiger partial charge in [-0.25, -0.2) is 4.79 Å². The molecule has 0 aliphatic carbocycles. The zero-order valence-corrected chi connectivity index (χ0v) is 17.7. The van der Waals surface area contributed by atoms with Crippen molar-refractivity contribution in [1.29, 1.82) is 0 Å². The van der Waals surface area contributed by atoms with Crippen molar-refractivity contribution in [2.45, 2.75) is 26.3 Å². The molecular formula is C23H32N4O2. The van der Waals surface area contributed by atoms with Crippen molar-refractivity contribution in [1.82, 2.24) is 20.1 Å². The molecule has 0 radical (unpaired) electrons. The molecular weight excluding hydrogens is 364 g/mol. The van der Waals surface area contributed by atoms with E-state index in [1.807, 2.05) is 41.6 Å². The van der Waals surface area contributed by atoms with E-state index in [-0.39, 0.29) is 12.1 Å². The van der Waals surface area contributed by atoms with Gasteiger partial charge in [0.1, 0.15) is 5.75 Å². The quantitative estimate of drug-likeness (QED) is 0.780. The van der Waals surface area contributed by atoms with Crippen LogP contribution in [0.5, 0.6) is 5.75 Å². The number of ether oxygens (including phenoxy) is 1. The summed E-state index contributed by atoms with van der Waals surface area (Å²) in [5.74, 6) is 1.12. The lowest BCUT2D eigenvalue weighted by molar-refractivity contribution is 0.136. The number of benzene rings is 1. The summed E-state index contributed by atoms with van der Waals surface area (Å²) in [6.45, 7) is 8.62. The predicted octanol–water partition coefficient (Wildman–Crippen LogP) is 3.36. The van der Waals surface area contributed by atoms with Gasteiger partial charge in [-0.1, -0.05) is 26.0 Å². The first-order chi connectivity index (χ1) is 14.1. The molecule has 29 heavy (non-hydrogen) atoms. The topological polar surface area (TPSA) is 57.7 Å². The van der Waals surface area contributed by atoms with Gasteiger partial charge in [0.2, 0.25) is 0 Å². The summed E-state index contributed by atoms with van der Waals surface area (Å²) in [5, 5.41) is 3.23. The molecule has 2 heterocycles. The standard InChI is InChI=1S/C23H32N4O2/c1-18(2)22(20-4-6-21(29-3)7-5-20)25-23(28)27-16-14-26(15-17-27)13-10-19-8-11-24-12-9-19/h4-9,11-12,18,22H,10,13-17H2,1-3H3,(H,25,28)/t22-/m1/s1. The van der Waals surface area contributed by atoms with Crippen molar-refractivity contribution in [3.63, 3.8) is 0 Å². The number of amides is 2. The van der Waals surface area contributed by atoms with Crippen LogP contribution in [0.1, 0.15) is 31.0 Å². The summed E-state index contributed by atoms with van der Waals surface area (Å²) in [6, 6.07) is 12.1. The fourth-order valence-corrected chi connectivity index (χ4v) is 3.68. The maximum atomic E-state index is 12.9. The molecule has 6 nitrogen and oxygen atoms in total. The molecule has 1 atom stereocenters. The number of aromatic nitrogens is 1. The Labute approximate surface area is 173 Å². The molecule has 0 spiro atoms. The van der Waals surface area contributed by atoms with Gasteiger partial charge in [-0.05, 0) is 47.7 Å². The van der Waals surface area contributed by atoms with E-state index >= 15 is 0 Å². The molecule has 0 saturated carbocycles. The van der Waals surface area contributed by atoms with Crippen LogP contribution in [-0.2, 0) is 6.42 Å². The normalized spacial score (nSPS) is 15.9. The minimum Gasteiger partial charge on any atom is -0.497 e. The van der Waals surface area contributed by atoms with E-state index in [2.05, 4.69) is 41.2 Å². The second-order valence-corrected chi connectivity index (χ2v) is 7.88. The minimum atomic E-state index is -0.0156. The first-order valence-corrected chi connectivity index (χ1v) is 10.4. The number of carbonyl (C=O) groups is 1. The minimum absolute atomic E-state index is 0.0156. The van der Waals surface area contributed by atoms with Gasteiger partial charge >= 0.3 is 6.03 Å². The van der Waals surface area contributed by atoms with Gasteiger partial charge in [0.25, 0.3) is 0 Å². The SMILES string of the molecule is COc1ccc([C@H](NC(=O)N2CCN(CCc3ccncc3)CC2)C(C)C)cc1. The second kappa shape index (κ2) is 10.3. The van der Waals surface area contributed by atoms with Crippen molar-refractivity contribution in [3.8, 4) is 5.75 Å². The number of nitrogens with zero attached hydrogens (tertiary/aromatic N) is 3.